The highest BCUT2D eigenvalue weighted by Gasteiger charge is 2.36. The van der Waals surface area contributed by atoms with Gasteiger partial charge >= 0.3 is 6.18 Å². The van der Waals surface area contributed by atoms with Gasteiger partial charge in [-0.25, -0.2) is 0 Å². The van der Waals surface area contributed by atoms with Crippen LogP contribution in [0.1, 0.15) is 5.56 Å². The summed E-state index contributed by atoms with van der Waals surface area (Å²) in [6.45, 7) is 0. The fourth-order valence-corrected chi connectivity index (χ4v) is 2.67. The molecule has 0 aliphatic rings. The predicted octanol–water partition coefficient (Wildman–Crippen LogP) is 6.34. The maximum atomic E-state index is 13.2. The van der Waals surface area contributed by atoms with Crippen molar-refractivity contribution in [1.82, 2.24) is 0 Å². The van der Waals surface area contributed by atoms with Crippen LogP contribution in [0.25, 0.3) is 11.1 Å². The Morgan fingerprint density at radius 2 is 1.52 bits per heavy atom. The van der Waals surface area contributed by atoms with E-state index in [4.69, 9.17) is 39.5 Å². The Bertz CT molecular complexity index is 684. The zero-order valence-electron chi connectivity index (χ0n) is 10.6. The topological polar surface area (TPSA) is 9.23 Å². The van der Waals surface area contributed by atoms with Crippen LogP contribution in [0.3, 0.4) is 0 Å². The molecule has 0 bridgehead atoms. The molecule has 0 saturated heterocycles. The first-order valence-electron chi connectivity index (χ1n) is 5.65. The van der Waals surface area contributed by atoms with E-state index in [1.54, 1.807) is 0 Å². The van der Waals surface area contributed by atoms with Crippen LogP contribution in [0.4, 0.5) is 13.2 Å². The molecule has 0 heterocycles. The van der Waals surface area contributed by atoms with Gasteiger partial charge < -0.3 is 4.74 Å². The Morgan fingerprint density at radius 3 is 2.10 bits per heavy atom. The molecule has 0 fully saturated rings. The maximum Gasteiger partial charge on any atom is 0.417 e. The monoisotopic (exact) mass is 354 g/mol. The number of methoxy groups -OCH3 is 1. The van der Waals surface area contributed by atoms with E-state index in [2.05, 4.69) is 0 Å². The first kappa shape index (κ1) is 16.3. The van der Waals surface area contributed by atoms with Gasteiger partial charge in [0.15, 0.2) is 0 Å². The molecule has 0 radical (unpaired) electrons. The second-order valence-electron chi connectivity index (χ2n) is 4.10. The summed E-state index contributed by atoms with van der Waals surface area (Å²) in [4.78, 5) is 0. The molecule has 21 heavy (non-hydrogen) atoms. The highest BCUT2D eigenvalue weighted by atomic mass is 35.5. The normalized spacial score (nSPS) is 11.6. The highest BCUT2D eigenvalue weighted by molar-refractivity contribution is 6.46. The van der Waals surface area contributed by atoms with Gasteiger partial charge in [0.05, 0.1) is 27.7 Å². The van der Waals surface area contributed by atoms with Crippen LogP contribution >= 0.6 is 34.8 Å². The average molecular weight is 356 g/mol. The van der Waals surface area contributed by atoms with E-state index in [1.807, 2.05) is 0 Å². The third-order valence-electron chi connectivity index (χ3n) is 2.85. The van der Waals surface area contributed by atoms with Crippen molar-refractivity contribution < 1.29 is 17.9 Å². The van der Waals surface area contributed by atoms with Gasteiger partial charge in [0.25, 0.3) is 0 Å². The average Bonchev–Trinajstić information content (AvgIpc) is 2.42. The molecular weight excluding hydrogens is 348 g/mol. The van der Waals surface area contributed by atoms with Crippen molar-refractivity contribution in [2.24, 2.45) is 0 Å². The van der Waals surface area contributed by atoms with Gasteiger partial charge in [-0.05, 0) is 24.3 Å². The number of rotatable bonds is 2. The molecule has 112 valence electrons. The molecule has 1 nitrogen and oxygen atoms in total. The van der Waals surface area contributed by atoms with Gasteiger partial charge in [-0.15, -0.1) is 0 Å². The first-order chi connectivity index (χ1) is 9.77. The SMILES string of the molecule is COc1cccc(C(F)(F)F)c1-c1c(Cl)ccc(Cl)c1Cl. The summed E-state index contributed by atoms with van der Waals surface area (Å²) in [7, 11) is 1.27. The summed E-state index contributed by atoms with van der Waals surface area (Å²) >= 11 is 18.0. The second-order valence-corrected chi connectivity index (χ2v) is 5.29. The van der Waals surface area contributed by atoms with Crippen molar-refractivity contribution >= 4 is 34.8 Å². The fraction of sp³-hybridized carbons (Fsp3) is 0.143. The van der Waals surface area contributed by atoms with E-state index < -0.39 is 11.7 Å². The van der Waals surface area contributed by atoms with Crippen LogP contribution in [-0.4, -0.2) is 7.11 Å². The standard InChI is InChI=1S/C14H8Cl3F3O/c1-21-10-4-2-3-7(14(18,19)20)11(10)12-8(15)5-6-9(16)13(12)17/h2-6H,1H3. The summed E-state index contributed by atoms with van der Waals surface area (Å²) in [5.41, 5.74) is -1.13. The predicted molar refractivity (Wildman–Crippen MR) is 78.5 cm³/mol. The smallest absolute Gasteiger partial charge is 0.417 e. The summed E-state index contributed by atoms with van der Waals surface area (Å²) in [6, 6.07) is 6.39. The van der Waals surface area contributed by atoms with Crippen LogP contribution in [0.2, 0.25) is 15.1 Å². The van der Waals surface area contributed by atoms with Gasteiger partial charge in [-0.2, -0.15) is 13.2 Å². The molecule has 0 aromatic heterocycles. The van der Waals surface area contributed by atoms with Crippen molar-refractivity contribution in [3.05, 3.63) is 51.0 Å². The quantitative estimate of drug-likeness (QED) is 0.571. The number of hydrogen-bond acceptors (Lipinski definition) is 1. The van der Waals surface area contributed by atoms with E-state index in [1.165, 1.54) is 31.4 Å². The summed E-state index contributed by atoms with van der Waals surface area (Å²) < 4.78 is 44.7. The molecule has 0 saturated carbocycles. The molecule has 2 aromatic carbocycles. The Balaban J connectivity index is 2.89. The lowest BCUT2D eigenvalue weighted by Crippen LogP contribution is -2.08. The molecule has 0 N–H and O–H groups in total. The van der Waals surface area contributed by atoms with Crippen LogP contribution in [0, 0.1) is 0 Å². The minimum Gasteiger partial charge on any atom is -0.496 e. The zero-order valence-corrected chi connectivity index (χ0v) is 12.8. The van der Waals surface area contributed by atoms with Crippen molar-refractivity contribution in [3.63, 3.8) is 0 Å². The van der Waals surface area contributed by atoms with Crippen LogP contribution in [0.15, 0.2) is 30.3 Å². The van der Waals surface area contributed by atoms with Gasteiger partial charge in [0, 0.05) is 11.1 Å². The van der Waals surface area contributed by atoms with Gasteiger partial charge in [-0.1, -0.05) is 40.9 Å². The molecule has 7 heteroatoms. The first-order valence-corrected chi connectivity index (χ1v) is 6.78. The molecule has 0 amide bonds. The molecule has 0 atom stereocenters. The Hall–Kier alpha value is -1.10. The lowest BCUT2D eigenvalue weighted by molar-refractivity contribution is -0.137. The zero-order chi connectivity index (χ0) is 15.8. The van der Waals surface area contributed by atoms with Gasteiger partial charge in [0.2, 0.25) is 0 Å². The van der Waals surface area contributed by atoms with Crippen molar-refractivity contribution in [3.8, 4) is 16.9 Å². The molecule has 0 aliphatic carbocycles. The third kappa shape index (κ3) is 3.07. The molecule has 0 aliphatic heterocycles. The Kier molecular flexibility index (Phi) is 4.61. The Labute approximate surface area is 134 Å². The molecule has 2 aromatic rings. The van der Waals surface area contributed by atoms with Crippen LogP contribution in [0.5, 0.6) is 5.75 Å². The fourth-order valence-electron chi connectivity index (χ4n) is 1.95. The minimum atomic E-state index is -4.58. The lowest BCUT2D eigenvalue weighted by atomic mass is 9.98. The number of benzene rings is 2. The highest BCUT2D eigenvalue weighted by Crippen LogP contribution is 2.48. The van der Waals surface area contributed by atoms with Crippen molar-refractivity contribution in [2.75, 3.05) is 7.11 Å². The van der Waals surface area contributed by atoms with Crippen molar-refractivity contribution in [1.29, 1.82) is 0 Å². The largest absolute Gasteiger partial charge is 0.496 e. The minimum absolute atomic E-state index is 0.00407. The van der Waals surface area contributed by atoms with Crippen LogP contribution in [-0.2, 0) is 6.18 Å². The van der Waals surface area contributed by atoms with E-state index in [0.717, 1.165) is 6.07 Å². The van der Waals surface area contributed by atoms with Gasteiger partial charge in [0.1, 0.15) is 5.75 Å². The third-order valence-corrected chi connectivity index (χ3v) is 3.96. The maximum absolute atomic E-state index is 13.2. The number of ether oxygens (including phenoxy) is 1. The number of alkyl halides is 3. The van der Waals surface area contributed by atoms with E-state index >= 15 is 0 Å². The Morgan fingerprint density at radius 1 is 0.905 bits per heavy atom. The van der Waals surface area contributed by atoms with E-state index in [9.17, 15) is 13.2 Å². The summed E-state index contributed by atoms with van der Waals surface area (Å²) in [5, 5.41) is 0.105. The molecule has 0 unspecified atom stereocenters. The van der Waals surface area contributed by atoms with E-state index in [0.29, 0.717) is 0 Å². The lowest BCUT2D eigenvalue weighted by Gasteiger charge is -2.18. The summed E-state index contributed by atoms with van der Waals surface area (Å²) in [6.07, 6.45) is -4.58. The summed E-state index contributed by atoms with van der Waals surface area (Å²) in [5.74, 6) is 0.0101. The van der Waals surface area contributed by atoms with Gasteiger partial charge in [-0.3, -0.25) is 0 Å². The second kappa shape index (κ2) is 5.95. The number of halogens is 6. The number of hydrogen-bond donors (Lipinski definition) is 0. The molecule has 0 spiro atoms. The molecular formula is C14H8Cl3F3O. The van der Waals surface area contributed by atoms with Crippen molar-refractivity contribution in [2.45, 2.75) is 6.18 Å². The molecule has 2 rings (SSSR count). The van der Waals surface area contributed by atoms with E-state index in [-0.39, 0.29) is 31.9 Å². The van der Waals surface area contributed by atoms with Crippen LogP contribution < -0.4 is 4.74 Å².